The zero-order valence-corrected chi connectivity index (χ0v) is 12.5. The van der Waals surface area contributed by atoms with Crippen LogP contribution in [0.15, 0.2) is 0 Å². The second kappa shape index (κ2) is 14.8. The number of esters is 2. The molecule has 0 heterocycles. The molecule has 19 heavy (non-hydrogen) atoms. The number of thioether (sulfide) groups is 1. The molecule has 0 aliphatic heterocycles. The van der Waals surface area contributed by atoms with E-state index in [9.17, 15) is 9.59 Å². The van der Waals surface area contributed by atoms with Crippen LogP contribution in [0.1, 0.15) is 33.6 Å². The van der Waals surface area contributed by atoms with Gasteiger partial charge < -0.3 is 14.6 Å². The SMILES string of the molecule is CC(=O)O.CCOC(=O)CCSCCC(=O)OCC. The van der Waals surface area contributed by atoms with E-state index in [1.54, 1.807) is 25.6 Å². The summed E-state index contributed by atoms with van der Waals surface area (Å²) >= 11 is 1.56. The van der Waals surface area contributed by atoms with Crippen molar-refractivity contribution in [3.63, 3.8) is 0 Å². The normalized spacial score (nSPS) is 9.00. The van der Waals surface area contributed by atoms with Gasteiger partial charge in [-0.25, -0.2) is 0 Å². The van der Waals surface area contributed by atoms with Crippen LogP contribution in [0.4, 0.5) is 0 Å². The van der Waals surface area contributed by atoms with E-state index in [1.165, 1.54) is 0 Å². The highest BCUT2D eigenvalue weighted by molar-refractivity contribution is 7.99. The average Bonchev–Trinajstić information content (AvgIpc) is 2.28. The fourth-order valence-electron chi connectivity index (χ4n) is 0.879. The molecule has 6 nitrogen and oxygen atoms in total. The third-order valence-electron chi connectivity index (χ3n) is 1.51. The molecule has 0 fully saturated rings. The molecule has 0 saturated carbocycles. The van der Waals surface area contributed by atoms with Crippen molar-refractivity contribution in [2.45, 2.75) is 33.6 Å². The van der Waals surface area contributed by atoms with Crippen LogP contribution in [0.5, 0.6) is 0 Å². The van der Waals surface area contributed by atoms with Crippen LogP contribution in [0.2, 0.25) is 0 Å². The number of ether oxygens (including phenoxy) is 2. The second-order valence-electron chi connectivity index (χ2n) is 3.24. The summed E-state index contributed by atoms with van der Waals surface area (Å²) in [7, 11) is 0. The molecular formula is C12H22O6S. The largest absolute Gasteiger partial charge is 0.481 e. The van der Waals surface area contributed by atoms with Crippen molar-refractivity contribution in [1.82, 2.24) is 0 Å². The fraction of sp³-hybridized carbons (Fsp3) is 0.750. The van der Waals surface area contributed by atoms with Crippen molar-refractivity contribution >= 4 is 29.7 Å². The number of aliphatic carboxylic acids is 1. The van der Waals surface area contributed by atoms with E-state index in [2.05, 4.69) is 0 Å². The van der Waals surface area contributed by atoms with Gasteiger partial charge in [-0.1, -0.05) is 0 Å². The van der Waals surface area contributed by atoms with Crippen LogP contribution in [0.25, 0.3) is 0 Å². The number of carbonyl (C=O) groups excluding carboxylic acids is 2. The Morgan fingerprint density at radius 1 is 0.947 bits per heavy atom. The van der Waals surface area contributed by atoms with Gasteiger partial charge in [-0.3, -0.25) is 14.4 Å². The quantitative estimate of drug-likeness (QED) is 0.538. The Morgan fingerprint density at radius 3 is 1.53 bits per heavy atom. The third kappa shape index (κ3) is 22.4. The van der Waals surface area contributed by atoms with Crippen molar-refractivity contribution in [1.29, 1.82) is 0 Å². The van der Waals surface area contributed by atoms with Crippen LogP contribution in [-0.4, -0.2) is 47.7 Å². The van der Waals surface area contributed by atoms with Crippen LogP contribution in [0.3, 0.4) is 0 Å². The maximum absolute atomic E-state index is 10.9. The monoisotopic (exact) mass is 294 g/mol. The average molecular weight is 294 g/mol. The van der Waals surface area contributed by atoms with E-state index in [0.29, 0.717) is 37.6 Å². The molecule has 0 aromatic rings. The van der Waals surface area contributed by atoms with E-state index in [4.69, 9.17) is 19.4 Å². The Morgan fingerprint density at radius 2 is 1.26 bits per heavy atom. The third-order valence-corrected chi connectivity index (χ3v) is 2.50. The Labute approximate surface area is 117 Å². The molecular weight excluding hydrogens is 272 g/mol. The Bertz CT molecular complexity index is 243. The fourth-order valence-corrected chi connectivity index (χ4v) is 1.71. The Hall–Kier alpha value is -1.24. The number of carboxylic acids is 1. The molecule has 0 aromatic carbocycles. The standard InChI is InChI=1S/C10H18O4S.C2H4O2/c1-3-13-9(11)5-7-15-8-6-10(12)14-4-2;1-2(3)4/h3-8H2,1-2H3;1H3,(H,3,4). The van der Waals surface area contributed by atoms with Crippen molar-refractivity contribution in [2.75, 3.05) is 24.7 Å². The molecule has 0 atom stereocenters. The summed E-state index contributed by atoms with van der Waals surface area (Å²) in [5.41, 5.74) is 0. The van der Waals surface area contributed by atoms with Crippen LogP contribution >= 0.6 is 11.8 Å². The maximum atomic E-state index is 10.9. The van der Waals surface area contributed by atoms with Crippen LogP contribution < -0.4 is 0 Å². The summed E-state index contributed by atoms with van der Waals surface area (Å²) in [4.78, 5) is 30.8. The topological polar surface area (TPSA) is 89.9 Å². The molecule has 0 rings (SSSR count). The maximum Gasteiger partial charge on any atom is 0.306 e. The van der Waals surface area contributed by atoms with E-state index < -0.39 is 5.97 Å². The molecule has 0 unspecified atom stereocenters. The first-order chi connectivity index (χ1) is 8.93. The molecule has 0 aliphatic rings. The lowest BCUT2D eigenvalue weighted by molar-refractivity contribution is -0.143. The molecule has 0 saturated heterocycles. The van der Waals surface area contributed by atoms with Gasteiger partial charge in [-0.05, 0) is 13.8 Å². The zero-order chi connectivity index (χ0) is 15.1. The summed E-state index contributed by atoms with van der Waals surface area (Å²) in [5.74, 6) is 0.193. The molecule has 0 radical (unpaired) electrons. The van der Waals surface area contributed by atoms with Crippen LogP contribution in [-0.2, 0) is 23.9 Å². The van der Waals surface area contributed by atoms with Gasteiger partial charge in [-0.15, -0.1) is 0 Å². The highest BCUT2D eigenvalue weighted by atomic mass is 32.2. The molecule has 0 aromatic heterocycles. The summed E-state index contributed by atoms with van der Waals surface area (Å²) < 4.78 is 9.53. The summed E-state index contributed by atoms with van der Waals surface area (Å²) in [5, 5.41) is 7.42. The zero-order valence-electron chi connectivity index (χ0n) is 11.6. The molecule has 0 aliphatic carbocycles. The number of hydrogen-bond donors (Lipinski definition) is 1. The first-order valence-corrected chi connectivity index (χ1v) is 7.17. The highest BCUT2D eigenvalue weighted by Crippen LogP contribution is 2.06. The van der Waals surface area contributed by atoms with Gasteiger partial charge in [0.2, 0.25) is 0 Å². The van der Waals surface area contributed by atoms with Crippen molar-refractivity contribution < 1.29 is 29.0 Å². The molecule has 0 spiro atoms. The van der Waals surface area contributed by atoms with Gasteiger partial charge >= 0.3 is 11.9 Å². The van der Waals surface area contributed by atoms with E-state index >= 15 is 0 Å². The van der Waals surface area contributed by atoms with E-state index in [0.717, 1.165) is 6.92 Å². The summed E-state index contributed by atoms with van der Waals surface area (Å²) in [6, 6.07) is 0. The molecule has 0 bridgehead atoms. The molecule has 0 amide bonds. The summed E-state index contributed by atoms with van der Waals surface area (Å²) in [6.07, 6.45) is 0.808. The molecule has 1 N–H and O–H groups in total. The predicted molar refractivity (Wildman–Crippen MR) is 73.1 cm³/mol. The lowest BCUT2D eigenvalue weighted by atomic mass is 10.5. The molecule has 7 heteroatoms. The van der Waals surface area contributed by atoms with Crippen LogP contribution in [0, 0.1) is 0 Å². The minimum Gasteiger partial charge on any atom is -0.481 e. The minimum atomic E-state index is -0.833. The lowest BCUT2D eigenvalue weighted by Crippen LogP contribution is -2.07. The van der Waals surface area contributed by atoms with Gasteiger partial charge in [0, 0.05) is 18.4 Å². The van der Waals surface area contributed by atoms with Gasteiger partial charge in [0.05, 0.1) is 26.1 Å². The van der Waals surface area contributed by atoms with Crippen molar-refractivity contribution in [3.8, 4) is 0 Å². The van der Waals surface area contributed by atoms with E-state index in [-0.39, 0.29) is 11.9 Å². The summed E-state index contributed by atoms with van der Waals surface area (Å²) in [6.45, 7) is 5.50. The first kappa shape index (κ1) is 20.1. The van der Waals surface area contributed by atoms with Crippen molar-refractivity contribution in [2.24, 2.45) is 0 Å². The minimum absolute atomic E-state index is 0.180. The van der Waals surface area contributed by atoms with Gasteiger partial charge in [0.25, 0.3) is 5.97 Å². The Kier molecular flexibility index (Phi) is 15.7. The highest BCUT2D eigenvalue weighted by Gasteiger charge is 2.03. The van der Waals surface area contributed by atoms with Gasteiger partial charge in [0.1, 0.15) is 0 Å². The smallest absolute Gasteiger partial charge is 0.306 e. The van der Waals surface area contributed by atoms with Gasteiger partial charge in [0.15, 0.2) is 0 Å². The van der Waals surface area contributed by atoms with E-state index in [1.807, 2.05) is 0 Å². The number of carboxylic acid groups (broad SMARTS) is 1. The van der Waals surface area contributed by atoms with Crippen molar-refractivity contribution in [3.05, 3.63) is 0 Å². The second-order valence-corrected chi connectivity index (χ2v) is 4.47. The lowest BCUT2D eigenvalue weighted by Gasteiger charge is -2.02. The predicted octanol–water partition coefficient (Wildman–Crippen LogP) is 1.72. The number of hydrogen-bond acceptors (Lipinski definition) is 6. The number of carbonyl (C=O) groups is 3. The van der Waals surface area contributed by atoms with Gasteiger partial charge in [-0.2, -0.15) is 11.8 Å². The first-order valence-electron chi connectivity index (χ1n) is 6.02. The molecule has 112 valence electrons. The Balaban J connectivity index is 0. The number of rotatable bonds is 8.